The molecular weight excluding hydrogens is 488 g/mol. The van der Waals surface area contributed by atoms with E-state index in [0.717, 1.165) is 43.9 Å². The van der Waals surface area contributed by atoms with Gasteiger partial charge in [-0.15, -0.1) is 0 Å². The Morgan fingerprint density at radius 1 is 1.08 bits per heavy atom. The lowest BCUT2D eigenvalue weighted by molar-refractivity contribution is 0.100. The maximum absolute atomic E-state index is 11.7. The third kappa shape index (κ3) is 7.89. The van der Waals surface area contributed by atoms with Crippen LogP contribution in [-0.4, -0.2) is 58.5 Å². The lowest BCUT2D eigenvalue weighted by Gasteiger charge is -2.22. The Balaban J connectivity index is 0.00000420. The zero-order chi connectivity index (χ0) is 27.4. The predicted molar refractivity (Wildman–Crippen MR) is 161 cm³/mol. The van der Waals surface area contributed by atoms with Gasteiger partial charge in [0.25, 0.3) is 0 Å². The molecule has 1 atom stereocenters. The highest BCUT2D eigenvalue weighted by Gasteiger charge is 2.24. The van der Waals surface area contributed by atoms with Crippen LogP contribution < -0.4 is 21.3 Å². The third-order valence-electron chi connectivity index (χ3n) is 6.87. The van der Waals surface area contributed by atoms with Gasteiger partial charge in [0.05, 0.1) is 0 Å². The van der Waals surface area contributed by atoms with Crippen LogP contribution in [0.25, 0.3) is 0 Å². The second-order valence-electron chi connectivity index (χ2n) is 10.9. The van der Waals surface area contributed by atoms with Crippen LogP contribution >= 0.6 is 0 Å². The number of nitrogens with zero attached hydrogens (tertiary/aromatic N) is 5. The van der Waals surface area contributed by atoms with Crippen LogP contribution in [0.1, 0.15) is 60.3 Å². The number of nitrogens with one attached hydrogen (secondary N) is 2. The normalized spacial score (nSPS) is 15.2. The van der Waals surface area contributed by atoms with Gasteiger partial charge in [-0.05, 0) is 61.9 Å². The standard InChI is InChI=1S/C29H40N8O.CH4/c1-18(2)15-36(6)29-34-27(33-28(35-29)32-25-14-22(26(30)38)10-8-20(25)4)31-24-11-12-37(17-24)16-23-9-7-19(3)13-21(23)5;/h7-10,13-14,18,24H,11-12,15-17H2,1-6H3,(H2,30,38)(H2,31,32,33,34,35);1H4. The fourth-order valence-electron chi connectivity index (χ4n) is 4.86. The van der Waals surface area contributed by atoms with Crippen LogP contribution in [0, 0.1) is 26.7 Å². The van der Waals surface area contributed by atoms with Crippen molar-refractivity contribution in [3.05, 3.63) is 64.2 Å². The molecule has 0 radical (unpaired) electrons. The molecule has 1 amide bonds. The van der Waals surface area contributed by atoms with Gasteiger partial charge in [0.1, 0.15) is 0 Å². The van der Waals surface area contributed by atoms with Crippen LogP contribution in [0.5, 0.6) is 0 Å². The molecule has 4 rings (SSSR count). The van der Waals surface area contributed by atoms with Crippen LogP contribution in [0.4, 0.5) is 23.5 Å². The third-order valence-corrected chi connectivity index (χ3v) is 6.87. The van der Waals surface area contributed by atoms with Gasteiger partial charge in [0.15, 0.2) is 0 Å². The van der Waals surface area contributed by atoms with Gasteiger partial charge in [0, 0.05) is 50.5 Å². The first-order chi connectivity index (χ1) is 18.1. The zero-order valence-corrected chi connectivity index (χ0v) is 23.4. The van der Waals surface area contributed by atoms with E-state index < -0.39 is 5.91 Å². The first kappa shape index (κ1) is 29.8. The molecule has 1 saturated heterocycles. The van der Waals surface area contributed by atoms with E-state index in [9.17, 15) is 4.79 Å². The molecule has 3 aromatic rings. The number of carbonyl (C=O) groups excluding carboxylic acids is 1. The molecule has 39 heavy (non-hydrogen) atoms. The van der Waals surface area contributed by atoms with E-state index in [-0.39, 0.29) is 13.5 Å². The molecule has 2 heterocycles. The van der Waals surface area contributed by atoms with Crippen molar-refractivity contribution < 1.29 is 4.79 Å². The molecule has 0 spiro atoms. The van der Waals surface area contributed by atoms with Crippen LogP contribution in [0.2, 0.25) is 0 Å². The largest absolute Gasteiger partial charge is 0.366 e. The number of likely N-dealkylation sites (tertiary alicyclic amines) is 1. The van der Waals surface area contributed by atoms with Crippen molar-refractivity contribution in [2.75, 3.05) is 42.2 Å². The average molecular weight is 533 g/mol. The zero-order valence-electron chi connectivity index (χ0n) is 23.4. The Hall–Kier alpha value is -3.72. The first-order valence-corrected chi connectivity index (χ1v) is 13.3. The summed E-state index contributed by atoms with van der Waals surface area (Å²) in [6.07, 6.45) is 1.01. The van der Waals surface area contributed by atoms with E-state index in [2.05, 4.69) is 66.4 Å². The molecule has 9 nitrogen and oxygen atoms in total. The summed E-state index contributed by atoms with van der Waals surface area (Å²) in [5.41, 5.74) is 11.6. The molecular formula is C30H44N8O. The average Bonchev–Trinajstić information content (AvgIpc) is 3.28. The second-order valence-corrected chi connectivity index (χ2v) is 10.9. The highest BCUT2D eigenvalue weighted by atomic mass is 16.1. The summed E-state index contributed by atoms with van der Waals surface area (Å²) in [5.74, 6) is 1.52. The Morgan fingerprint density at radius 2 is 1.82 bits per heavy atom. The molecule has 4 N–H and O–H groups in total. The molecule has 1 aliphatic heterocycles. The fourth-order valence-corrected chi connectivity index (χ4v) is 4.86. The smallest absolute Gasteiger partial charge is 0.248 e. The van der Waals surface area contributed by atoms with Crippen LogP contribution in [0.15, 0.2) is 36.4 Å². The van der Waals surface area contributed by atoms with Gasteiger partial charge in [0.2, 0.25) is 23.8 Å². The van der Waals surface area contributed by atoms with E-state index in [1.165, 1.54) is 16.7 Å². The molecule has 1 aliphatic rings. The van der Waals surface area contributed by atoms with Crippen LogP contribution in [-0.2, 0) is 6.54 Å². The second kappa shape index (κ2) is 12.9. The summed E-state index contributed by atoms with van der Waals surface area (Å²) in [6, 6.07) is 12.2. The Bertz CT molecular complexity index is 1290. The van der Waals surface area contributed by atoms with Crippen molar-refractivity contribution in [3.63, 3.8) is 0 Å². The lowest BCUT2D eigenvalue weighted by Crippen LogP contribution is -2.28. The summed E-state index contributed by atoms with van der Waals surface area (Å²) in [6.45, 7) is 14.3. The molecule has 1 aromatic heterocycles. The number of hydrogen-bond acceptors (Lipinski definition) is 8. The number of aromatic nitrogens is 3. The van der Waals surface area contributed by atoms with E-state index in [1.54, 1.807) is 12.1 Å². The summed E-state index contributed by atoms with van der Waals surface area (Å²) in [7, 11) is 1.99. The molecule has 0 aliphatic carbocycles. The van der Waals surface area contributed by atoms with Gasteiger partial charge in [-0.25, -0.2) is 0 Å². The first-order valence-electron chi connectivity index (χ1n) is 13.3. The number of amides is 1. The van der Waals surface area contributed by atoms with Gasteiger partial charge in [-0.2, -0.15) is 15.0 Å². The van der Waals surface area contributed by atoms with Crippen molar-refractivity contribution in [3.8, 4) is 0 Å². The summed E-state index contributed by atoms with van der Waals surface area (Å²) in [4.78, 5) is 30.4. The Labute approximate surface area is 233 Å². The highest BCUT2D eigenvalue weighted by molar-refractivity contribution is 5.94. The fraction of sp³-hybridized carbons (Fsp3) is 0.467. The minimum atomic E-state index is -0.477. The van der Waals surface area contributed by atoms with E-state index in [1.807, 2.05) is 24.9 Å². The maximum atomic E-state index is 11.7. The number of rotatable bonds is 10. The van der Waals surface area contributed by atoms with Gasteiger partial charge in [-0.1, -0.05) is 51.1 Å². The Kier molecular flexibility index (Phi) is 9.86. The number of hydrogen-bond donors (Lipinski definition) is 3. The molecule has 210 valence electrons. The van der Waals surface area contributed by atoms with E-state index >= 15 is 0 Å². The molecule has 9 heteroatoms. The van der Waals surface area contributed by atoms with E-state index in [0.29, 0.717) is 29.3 Å². The van der Waals surface area contributed by atoms with Gasteiger partial charge in [-0.3, -0.25) is 9.69 Å². The molecule has 1 fully saturated rings. The number of benzene rings is 2. The predicted octanol–water partition coefficient (Wildman–Crippen LogP) is 5.05. The minimum Gasteiger partial charge on any atom is -0.366 e. The van der Waals surface area contributed by atoms with Crippen LogP contribution in [0.3, 0.4) is 0 Å². The maximum Gasteiger partial charge on any atom is 0.248 e. The Morgan fingerprint density at radius 3 is 2.51 bits per heavy atom. The van der Waals surface area contributed by atoms with Crippen molar-refractivity contribution in [1.29, 1.82) is 0 Å². The number of aryl methyl sites for hydroxylation is 3. The minimum absolute atomic E-state index is 0. The summed E-state index contributed by atoms with van der Waals surface area (Å²) in [5, 5.41) is 6.84. The van der Waals surface area contributed by atoms with E-state index in [4.69, 9.17) is 15.7 Å². The van der Waals surface area contributed by atoms with Gasteiger partial charge >= 0.3 is 0 Å². The summed E-state index contributed by atoms with van der Waals surface area (Å²) < 4.78 is 0. The molecule has 0 bridgehead atoms. The monoisotopic (exact) mass is 532 g/mol. The lowest BCUT2D eigenvalue weighted by atomic mass is 10.1. The molecule has 2 aromatic carbocycles. The quantitative estimate of drug-likeness (QED) is 0.332. The number of nitrogens with two attached hydrogens (primary N) is 1. The SMILES string of the molecule is C.Cc1ccc(CN2CCC(Nc3nc(Nc4cc(C(N)=O)ccc4C)nc(N(C)CC(C)C)n3)C2)c(C)c1. The van der Waals surface area contributed by atoms with Crippen molar-refractivity contribution >= 4 is 29.4 Å². The topological polar surface area (TPSA) is 112 Å². The van der Waals surface area contributed by atoms with Gasteiger partial charge < -0.3 is 21.3 Å². The number of carbonyl (C=O) groups is 1. The van der Waals surface area contributed by atoms with Crippen molar-refractivity contribution in [2.24, 2.45) is 11.7 Å². The molecule has 0 saturated carbocycles. The van der Waals surface area contributed by atoms with Crippen molar-refractivity contribution in [2.45, 2.75) is 61.1 Å². The number of primary amides is 1. The summed E-state index contributed by atoms with van der Waals surface area (Å²) >= 11 is 0. The number of anilines is 4. The molecule has 1 unspecified atom stereocenters. The highest BCUT2D eigenvalue weighted by Crippen LogP contribution is 2.24. The van der Waals surface area contributed by atoms with Crippen molar-refractivity contribution in [1.82, 2.24) is 19.9 Å².